The summed E-state index contributed by atoms with van der Waals surface area (Å²) in [6, 6.07) is 0. The van der Waals surface area contributed by atoms with Crippen molar-refractivity contribution >= 4 is 11.9 Å². The maximum absolute atomic E-state index is 9.72. The molecule has 0 aliphatic heterocycles. The summed E-state index contributed by atoms with van der Waals surface area (Å²) in [5, 5.41) is 30.4. The van der Waals surface area contributed by atoms with Crippen LogP contribution in [0.15, 0.2) is 0 Å². The van der Waals surface area contributed by atoms with Gasteiger partial charge in [0, 0.05) is 54.6 Å². The summed E-state index contributed by atoms with van der Waals surface area (Å²) >= 11 is 0. The molecule has 0 heterocycles. The summed E-state index contributed by atoms with van der Waals surface area (Å²) < 4.78 is 19.3. The third-order valence-electron chi connectivity index (χ3n) is 2.58. The van der Waals surface area contributed by atoms with Crippen LogP contribution < -0.4 is 10.6 Å². The molecule has 27 heavy (non-hydrogen) atoms. The number of hydrogen-bond donors (Lipinski definition) is 5. The molecule has 11 nitrogen and oxygen atoms in total. The Bertz CT molecular complexity index is 294. The second-order valence-electron chi connectivity index (χ2n) is 4.92. The van der Waals surface area contributed by atoms with Crippen molar-refractivity contribution in [3.05, 3.63) is 0 Å². The van der Waals surface area contributed by atoms with Gasteiger partial charge in [0.05, 0.1) is 32.8 Å². The first-order valence-corrected chi connectivity index (χ1v) is 8.37. The van der Waals surface area contributed by atoms with Crippen molar-refractivity contribution < 1.29 is 43.9 Å². The molecule has 5 N–H and O–H groups in total. The maximum Gasteiger partial charge on any atom is 0.333 e. The van der Waals surface area contributed by atoms with E-state index in [1.54, 1.807) is 28.4 Å². The van der Waals surface area contributed by atoms with Crippen molar-refractivity contribution in [3.8, 4) is 0 Å². The van der Waals surface area contributed by atoms with Crippen molar-refractivity contribution in [2.24, 2.45) is 0 Å². The van der Waals surface area contributed by atoms with Gasteiger partial charge in [-0.2, -0.15) is 0 Å². The molecule has 11 heteroatoms. The van der Waals surface area contributed by atoms with E-state index in [4.69, 9.17) is 34.3 Å². The maximum atomic E-state index is 9.72. The van der Waals surface area contributed by atoms with Crippen molar-refractivity contribution in [2.45, 2.75) is 12.5 Å². The Kier molecular flexibility index (Phi) is 30.3. The number of ether oxygens (including phenoxy) is 4. The van der Waals surface area contributed by atoms with Crippen LogP contribution in [0.2, 0.25) is 0 Å². The molecule has 0 fully saturated rings. The molecule has 0 aromatic rings. The Morgan fingerprint density at radius 3 is 1.19 bits per heavy atom. The highest BCUT2D eigenvalue weighted by Gasteiger charge is 2.16. The van der Waals surface area contributed by atoms with Crippen LogP contribution in [0.4, 0.5) is 0 Å². The molecule has 0 aromatic carbocycles. The lowest BCUT2D eigenvalue weighted by molar-refractivity contribution is -0.152. The molecule has 0 radical (unpaired) electrons. The SMILES string of the molecule is COCCNCCOC.COCCNCCOC.O=C(O)CC(O)C(=O)O. The van der Waals surface area contributed by atoms with E-state index in [0.29, 0.717) is 0 Å². The van der Waals surface area contributed by atoms with Crippen LogP contribution in [-0.4, -0.2) is 114 Å². The van der Waals surface area contributed by atoms with Gasteiger partial charge in [-0.05, 0) is 0 Å². The van der Waals surface area contributed by atoms with E-state index in [1.807, 2.05) is 0 Å². The number of hydrogen-bond acceptors (Lipinski definition) is 9. The van der Waals surface area contributed by atoms with Gasteiger partial charge in [0.15, 0.2) is 6.10 Å². The van der Waals surface area contributed by atoms with Crippen molar-refractivity contribution in [1.82, 2.24) is 10.6 Å². The number of carboxylic acid groups (broad SMARTS) is 2. The largest absolute Gasteiger partial charge is 0.481 e. The zero-order valence-electron chi connectivity index (χ0n) is 16.7. The van der Waals surface area contributed by atoms with Gasteiger partial charge in [0.1, 0.15) is 0 Å². The van der Waals surface area contributed by atoms with Gasteiger partial charge in [-0.25, -0.2) is 4.79 Å². The van der Waals surface area contributed by atoms with Crippen LogP contribution in [0.1, 0.15) is 6.42 Å². The fourth-order valence-electron chi connectivity index (χ4n) is 1.20. The standard InChI is InChI=1S/2C6H15NO2.C4H6O5/c2*1-8-5-3-7-4-6-9-2;5-2(4(8)9)1-3(6)7/h2*7H,3-6H2,1-2H3;2,5H,1H2,(H,6,7)(H,8,9). The van der Waals surface area contributed by atoms with Gasteiger partial charge >= 0.3 is 11.9 Å². The molecule has 0 rings (SSSR count). The van der Waals surface area contributed by atoms with Crippen molar-refractivity contribution in [1.29, 1.82) is 0 Å². The van der Waals surface area contributed by atoms with Crippen LogP contribution in [0, 0.1) is 0 Å². The highest BCUT2D eigenvalue weighted by Crippen LogP contribution is 1.89. The fraction of sp³-hybridized carbons (Fsp3) is 0.875. The Morgan fingerprint density at radius 1 is 0.741 bits per heavy atom. The van der Waals surface area contributed by atoms with Gasteiger partial charge in [-0.1, -0.05) is 0 Å². The van der Waals surface area contributed by atoms with Gasteiger partial charge in [0.2, 0.25) is 0 Å². The lowest BCUT2D eigenvalue weighted by atomic mass is 10.3. The number of carbonyl (C=O) groups is 2. The topological polar surface area (TPSA) is 156 Å². The summed E-state index contributed by atoms with van der Waals surface area (Å²) in [5.41, 5.74) is 0. The molecule has 0 spiro atoms. The first-order chi connectivity index (χ1) is 12.9. The van der Waals surface area contributed by atoms with Gasteiger partial charge in [0.25, 0.3) is 0 Å². The van der Waals surface area contributed by atoms with Gasteiger partial charge in [-0.15, -0.1) is 0 Å². The third kappa shape index (κ3) is 36.4. The Morgan fingerprint density at radius 2 is 1.04 bits per heavy atom. The second kappa shape index (κ2) is 26.9. The molecule has 0 aliphatic carbocycles. The molecule has 0 aliphatic rings. The summed E-state index contributed by atoms with van der Waals surface area (Å²) in [7, 11) is 6.77. The number of aliphatic hydroxyl groups is 1. The zero-order valence-corrected chi connectivity index (χ0v) is 16.7. The van der Waals surface area contributed by atoms with Crippen LogP contribution in [-0.2, 0) is 28.5 Å². The summed E-state index contributed by atoms with van der Waals surface area (Å²) in [4.78, 5) is 19.4. The van der Waals surface area contributed by atoms with Crippen molar-refractivity contribution in [2.75, 3.05) is 81.0 Å². The van der Waals surface area contributed by atoms with E-state index in [-0.39, 0.29) is 0 Å². The molecule has 0 saturated carbocycles. The molecule has 164 valence electrons. The van der Waals surface area contributed by atoms with E-state index in [0.717, 1.165) is 52.6 Å². The second-order valence-corrected chi connectivity index (χ2v) is 4.92. The first-order valence-electron chi connectivity index (χ1n) is 8.37. The Hall–Kier alpha value is -1.34. The number of aliphatic carboxylic acids is 2. The molecule has 0 bridgehead atoms. The fourth-order valence-corrected chi connectivity index (χ4v) is 1.20. The van der Waals surface area contributed by atoms with Crippen LogP contribution in [0.3, 0.4) is 0 Å². The van der Waals surface area contributed by atoms with E-state index in [9.17, 15) is 9.59 Å². The van der Waals surface area contributed by atoms with Gasteiger partial charge in [-0.3, -0.25) is 4.79 Å². The molecule has 0 amide bonds. The average molecular weight is 400 g/mol. The highest BCUT2D eigenvalue weighted by molar-refractivity contribution is 5.79. The minimum Gasteiger partial charge on any atom is -0.481 e. The van der Waals surface area contributed by atoms with Crippen LogP contribution in [0.5, 0.6) is 0 Å². The first kappa shape index (κ1) is 30.4. The lowest BCUT2D eigenvalue weighted by Gasteiger charge is -2.01. The summed E-state index contributed by atoms with van der Waals surface area (Å²) in [6.07, 6.45) is -2.54. The Balaban J connectivity index is -0.000000320. The summed E-state index contributed by atoms with van der Waals surface area (Å²) in [5.74, 6) is -2.85. The molecule has 1 unspecified atom stereocenters. The number of methoxy groups -OCH3 is 4. The predicted octanol–water partition coefficient (Wildman–Crippen LogP) is -1.36. The van der Waals surface area contributed by atoms with Crippen molar-refractivity contribution in [3.63, 3.8) is 0 Å². The van der Waals surface area contributed by atoms with E-state index >= 15 is 0 Å². The van der Waals surface area contributed by atoms with Crippen LogP contribution in [0.25, 0.3) is 0 Å². The quantitative estimate of drug-likeness (QED) is 0.207. The van der Waals surface area contributed by atoms with Gasteiger partial charge < -0.3 is 44.9 Å². The van der Waals surface area contributed by atoms with Crippen LogP contribution >= 0.6 is 0 Å². The molecule has 0 saturated heterocycles. The lowest BCUT2D eigenvalue weighted by Crippen LogP contribution is -2.23. The Labute approximate surface area is 160 Å². The molecular weight excluding hydrogens is 364 g/mol. The smallest absolute Gasteiger partial charge is 0.333 e. The number of aliphatic hydroxyl groups excluding tert-OH is 1. The van der Waals surface area contributed by atoms with E-state index in [1.165, 1.54) is 0 Å². The number of carboxylic acids is 2. The number of nitrogens with one attached hydrogen (secondary N) is 2. The summed E-state index contributed by atoms with van der Waals surface area (Å²) in [6.45, 7) is 6.68. The molecular formula is C16H36N2O9. The predicted molar refractivity (Wildman–Crippen MR) is 99.1 cm³/mol. The minimum atomic E-state index is -1.79. The highest BCUT2D eigenvalue weighted by atomic mass is 16.5. The monoisotopic (exact) mass is 400 g/mol. The van der Waals surface area contributed by atoms with E-state index < -0.39 is 24.5 Å². The average Bonchev–Trinajstić information content (AvgIpc) is 2.62. The molecule has 0 aromatic heterocycles. The third-order valence-corrected chi connectivity index (χ3v) is 2.58. The minimum absolute atomic E-state index is 0.755. The van der Waals surface area contributed by atoms with E-state index in [2.05, 4.69) is 10.6 Å². The number of rotatable bonds is 15. The zero-order chi connectivity index (χ0) is 21.3. The normalized spacial score (nSPS) is 10.9. The molecule has 1 atom stereocenters.